The molecule has 0 saturated carbocycles. The van der Waals surface area contributed by atoms with Gasteiger partial charge in [0, 0.05) is 25.2 Å². The maximum Gasteiger partial charge on any atom is 0.253 e. The summed E-state index contributed by atoms with van der Waals surface area (Å²) >= 11 is 0. The first kappa shape index (κ1) is 17.0. The molecule has 25 heavy (non-hydrogen) atoms. The van der Waals surface area contributed by atoms with Gasteiger partial charge in [0.25, 0.3) is 5.91 Å². The average molecular weight is 337 g/mol. The molecule has 1 aliphatic heterocycles. The van der Waals surface area contributed by atoms with Gasteiger partial charge in [0.1, 0.15) is 17.4 Å². The largest absolute Gasteiger partial charge is 0.384 e. The van der Waals surface area contributed by atoms with Crippen LogP contribution in [0.25, 0.3) is 0 Å². The molecule has 4 nitrogen and oxygen atoms in total. The van der Waals surface area contributed by atoms with E-state index >= 15 is 0 Å². The number of halogens is 1. The van der Waals surface area contributed by atoms with Crippen molar-refractivity contribution in [1.82, 2.24) is 4.90 Å². The van der Waals surface area contributed by atoms with Crippen molar-refractivity contribution in [2.75, 3.05) is 25.0 Å². The molecule has 0 unspecified atom stereocenters. The Bertz CT molecular complexity index is 777. The van der Waals surface area contributed by atoms with Crippen LogP contribution in [0.4, 0.5) is 10.1 Å². The predicted molar refractivity (Wildman–Crippen MR) is 94.7 cm³/mol. The molecule has 128 valence electrons. The molecule has 0 radical (unpaired) electrons. The number of benzene rings is 2. The van der Waals surface area contributed by atoms with E-state index in [4.69, 9.17) is 5.26 Å². The zero-order valence-electron chi connectivity index (χ0n) is 13.9. The van der Waals surface area contributed by atoms with Crippen LogP contribution in [0.1, 0.15) is 28.8 Å². The van der Waals surface area contributed by atoms with E-state index in [1.165, 1.54) is 6.07 Å². The van der Waals surface area contributed by atoms with E-state index in [-0.39, 0.29) is 11.5 Å². The van der Waals surface area contributed by atoms with Gasteiger partial charge in [0.15, 0.2) is 0 Å². The van der Waals surface area contributed by atoms with Crippen molar-refractivity contribution in [1.29, 1.82) is 5.26 Å². The highest BCUT2D eigenvalue weighted by molar-refractivity contribution is 5.94. The molecular weight excluding hydrogens is 317 g/mol. The van der Waals surface area contributed by atoms with Crippen LogP contribution in [-0.4, -0.2) is 30.4 Å². The number of likely N-dealkylation sites (tertiary alicyclic amines) is 1. The fourth-order valence-electron chi connectivity index (χ4n) is 3.14. The molecule has 2 aromatic rings. The molecule has 3 rings (SSSR count). The fourth-order valence-corrected chi connectivity index (χ4v) is 3.14. The number of nitrogens with one attached hydrogen (secondary N) is 1. The molecule has 0 spiro atoms. The summed E-state index contributed by atoms with van der Waals surface area (Å²) in [7, 11) is 0. The summed E-state index contributed by atoms with van der Waals surface area (Å²) < 4.78 is 13.6. The van der Waals surface area contributed by atoms with Crippen molar-refractivity contribution < 1.29 is 9.18 Å². The molecule has 0 aromatic heterocycles. The summed E-state index contributed by atoms with van der Waals surface area (Å²) in [5.41, 5.74) is 1.31. The maximum atomic E-state index is 13.6. The van der Waals surface area contributed by atoms with E-state index in [1.807, 2.05) is 41.3 Å². The minimum Gasteiger partial charge on any atom is -0.384 e. The van der Waals surface area contributed by atoms with Crippen molar-refractivity contribution in [2.45, 2.75) is 12.8 Å². The number of hydrogen-bond acceptors (Lipinski definition) is 3. The molecule has 1 saturated heterocycles. The van der Waals surface area contributed by atoms with Crippen molar-refractivity contribution >= 4 is 11.6 Å². The Hall–Kier alpha value is -2.87. The SMILES string of the molecule is N#Cc1c(F)cccc1NCC1CCN(C(=O)c2ccccc2)CC1. The highest BCUT2D eigenvalue weighted by Crippen LogP contribution is 2.22. The van der Waals surface area contributed by atoms with Crippen LogP contribution in [0.15, 0.2) is 48.5 Å². The van der Waals surface area contributed by atoms with Gasteiger partial charge in [0.2, 0.25) is 0 Å². The summed E-state index contributed by atoms with van der Waals surface area (Å²) in [4.78, 5) is 14.3. The Morgan fingerprint density at radius 1 is 1.16 bits per heavy atom. The summed E-state index contributed by atoms with van der Waals surface area (Å²) in [6, 6.07) is 15.8. The lowest BCUT2D eigenvalue weighted by molar-refractivity contribution is 0.0695. The minimum absolute atomic E-state index is 0.0548. The van der Waals surface area contributed by atoms with Crippen LogP contribution in [-0.2, 0) is 0 Å². The predicted octanol–water partition coefficient (Wildman–Crippen LogP) is 3.66. The quantitative estimate of drug-likeness (QED) is 0.926. The van der Waals surface area contributed by atoms with Gasteiger partial charge in [-0.1, -0.05) is 24.3 Å². The topological polar surface area (TPSA) is 56.1 Å². The smallest absolute Gasteiger partial charge is 0.253 e. The van der Waals surface area contributed by atoms with Crippen molar-refractivity contribution in [2.24, 2.45) is 5.92 Å². The fraction of sp³-hybridized carbons (Fsp3) is 0.300. The third-order valence-electron chi connectivity index (χ3n) is 4.63. The average Bonchev–Trinajstić information content (AvgIpc) is 2.67. The lowest BCUT2D eigenvalue weighted by Gasteiger charge is -2.32. The zero-order valence-corrected chi connectivity index (χ0v) is 13.9. The molecule has 0 bridgehead atoms. The third kappa shape index (κ3) is 3.97. The number of anilines is 1. The summed E-state index contributed by atoms with van der Waals surface area (Å²) in [6.45, 7) is 2.11. The van der Waals surface area contributed by atoms with E-state index < -0.39 is 5.82 Å². The van der Waals surface area contributed by atoms with E-state index in [0.29, 0.717) is 31.2 Å². The van der Waals surface area contributed by atoms with Crippen LogP contribution >= 0.6 is 0 Å². The van der Waals surface area contributed by atoms with E-state index in [0.717, 1.165) is 18.4 Å². The highest BCUT2D eigenvalue weighted by Gasteiger charge is 2.23. The van der Waals surface area contributed by atoms with Crippen molar-refractivity contribution in [3.05, 3.63) is 65.5 Å². The molecular formula is C20H20FN3O. The number of piperidine rings is 1. The maximum absolute atomic E-state index is 13.6. The summed E-state index contributed by atoms with van der Waals surface area (Å²) in [5.74, 6) is -0.0330. The highest BCUT2D eigenvalue weighted by atomic mass is 19.1. The van der Waals surface area contributed by atoms with Gasteiger partial charge in [0.05, 0.1) is 5.69 Å². The molecule has 1 aliphatic rings. The van der Waals surface area contributed by atoms with E-state index in [1.54, 1.807) is 12.1 Å². The molecule has 0 atom stereocenters. The Labute approximate surface area is 146 Å². The van der Waals surface area contributed by atoms with Crippen LogP contribution in [0, 0.1) is 23.1 Å². The number of nitrogens with zero attached hydrogens (tertiary/aromatic N) is 2. The Kier molecular flexibility index (Phi) is 5.30. The Morgan fingerprint density at radius 3 is 2.56 bits per heavy atom. The first-order valence-electron chi connectivity index (χ1n) is 8.46. The minimum atomic E-state index is -0.504. The van der Waals surface area contributed by atoms with E-state index in [9.17, 15) is 9.18 Å². The number of amides is 1. The van der Waals surface area contributed by atoms with Gasteiger partial charge in [-0.3, -0.25) is 4.79 Å². The number of nitriles is 1. The summed E-state index contributed by atoms with van der Waals surface area (Å²) in [5, 5.41) is 12.3. The standard InChI is InChI=1S/C20H20FN3O/c21-18-7-4-8-19(17(18)13-22)23-14-15-9-11-24(12-10-15)20(25)16-5-2-1-3-6-16/h1-8,15,23H,9-12,14H2. The molecule has 1 amide bonds. The van der Waals surface area contributed by atoms with Gasteiger partial charge in [-0.25, -0.2) is 4.39 Å². The van der Waals surface area contributed by atoms with Gasteiger partial charge in [-0.2, -0.15) is 5.26 Å². The molecule has 5 heteroatoms. The molecule has 1 fully saturated rings. The van der Waals surface area contributed by atoms with Crippen LogP contribution < -0.4 is 5.32 Å². The first-order valence-corrected chi connectivity index (χ1v) is 8.46. The second-order valence-electron chi connectivity index (χ2n) is 6.26. The second kappa shape index (κ2) is 7.80. The number of rotatable bonds is 4. The zero-order chi connectivity index (χ0) is 17.6. The van der Waals surface area contributed by atoms with Gasteiger partial charge >= 0.3 is 0 Å². The van der Waals surface area contributed by atoms with Gasteiger partial charge < -0.3 is 10.2 Å². The Morgan fingerprint density at radius 2 is 1.88 bits per heavy atom. The van der Waals surface area contributed by atoms with Crippen molar-refractivity contribution in [3.63, 3.8) is 0 Å². The monoisotopic (exact) mass is 337 g/mol. The lowest BCUT2D eigenvalue weighted by Crippen LogP contribution is -2.39. The number of hydrogen-bond donors (Lipinski definition) is 1. The summed E-state index contributed by atoms with van der Waals surface area (Å²) in [6.07, 6.45) is 1.78. The molecule has 1 N–H and O–H groups in total. The van der Waals surface area contributed by atoms with E-state index in [2.05, 4.69) is 5.32 Å². The van der Waals surface area contributed by atoms with Crippen LogP contribution in [0.2, 0.25) is 0 Å². The lowest BCUT2D eigenvalue weighted by atomic mass is 9.96. The number of carbonyl (C=O) groups excluding carboxylic acids is 1. The normalized spacial score (nSPS) is 14.8. The number of carbonyl (C=O) groups is 1. The van der Waals surface area contributed by atoms with Crippen LogP contribution in [0.3, 0.4) is 0 Å². The Balaban J connectivity index is 1.53. The third-order valence-corrected chi connectivity index (χ3v) is 4.63. The molecule has 2 aromatic carbocycles. The second-order valence-corrected chi connectivity index (χ2v) is 6.26. The molecule has 1 heterocycles. The van der Waals surface area contributed by atoms with Gasteiger partial charge in [-0.05, 0) is 43.0 Å². The molecule has 0 aliphatic carbocycles. The van der Waals surface area contributed by atoms with Crippen LogP contribution in [0.5, 0.6) is 0 Å². The van der Waals surface area contributed by atoms with Gasteiger partial charge in [-0.15, -0.1) is 0 Å². The van der Waals surface area contributed by atoms with Crippen molar-refractivity contribution in [3.8, 4) is 6.07 Å². The first-order chi connectivity index (χ1) is 12.2.